The van der Waals surface area contributed by atoms with Gasteiger partial charge in [-0.1, -0.05) is 55.4 Å². The summed E-state index contributed by atoms with van der Waals surface area (Å²) in [6.07, 6.45) is 14.8. The van der Waals surface area contributed by atoms with Crippen molar-refractivity contribution in [3.8, 4) is 0 Å². The van der Waals surface area contributed by atoms with Crippen molar-refractivity contribution in [3.05, 3.63) is 0 Å². The van der Waals surface area contributed by atoms with Gasteiger partial charge < -0.3 is 90.0 Å². The molecule has 20 rings (SSSR count). The number of cyclic esters (lactones) is 4. The SMILES string of the molecule is CCC(C)(C)C(=O)OC1C2CC3C(=O)OC1C3C2.CCC(C)(C)C(=O)OC1C2CC3CC(C2)C(=O)OC1C3.CCC(C)(C)C(=O)OC1CC2CC1C1COC(=O)C21.CCC(C)(C)C(=O)OC1CCOC1=O.CCC(C)(C)C(=O)OC1COC(=O)C1.CCC(C)(C)C(=O)OCC(=O)OC1C2CC3C(=O)OC1C3C2.CCC(C)(C)C(=O)OCC(=O)OC1C2CC3CC(C2)C(=O)OC1C3.CCC(C)(C)C(=O)OCC(=O)OC1COC(=O)C1. The number of ether oxygens (including phenoxy) is 19. The summed E-state index contributed by atoms with van der Waals surface area (Å²) < 4.78 is 99.3. The van der Waals surface area contributed by atoms with Crippen LogP contribution >= 0.6 is 0 Å². The van der Waals surface area contributed by atoms with Crippen LogP contribution in [0.25, 0.3) is 0 Å². The Morgan fingerprint density at radius 1 is 0.282 bits per heavy atom. The standard InChI is InChI=1S/C18H26O6.C16H22O6.C16H24O4.C15H22O4.C14H20O4.C12H18O6.2C10H16O4/c1-4-18(2,3)17(21)22-9-14(19)24-15-11-5-10-6-12(8-11)16(20)23-13(15)7-10;1-4-16(2,3)15(19)20-7-11(17)21-12-8-5-9-10(6-8)14(18)22-13(9)12;1-4-16(2,3)15(18)20-13-10-5-9-6-11(8-10)14(17)19-12(13)7-9;1-4-15(2,3)14(17)19-11-6-8-5-9(11)10-7-18-13(16)12(8)10;1-4-14(2,3)13(16)18-10-7-5-8-9(6-7)12(15)17-11(8)10;1-4-12(2,3)11(15)17-7-10(14)18-8-5-9(13)16-6-8;1-4-10(2,3)9(12)14-7-5-8(11)13-6-7;1-4-10(2,3)9(12)14-7-5-6-13-8(7)11/h10-13,15H,4-9H2,1-3H3;8-10,12-13H,4-7H2,1-3H3;9-13H,4-8H2,1-3H3;8-12H,4-7H2,1-3H3;7-11H,4-6H2,1-3H3;8H,4-7H2,1-3H3;2*7H,4-6H2,1-3H3. The third kappa shape index (κ3) is 28.7. The molecule has 14 bridgehead atoms. The summed E-state index contributed by atoms with van der Waals surface area (Å²) in [5.74, 6) is -2.02. The van der Waals surface area contributed by atoms with Crippen LogP contribution in [0.2, 0.25) is 0 Å². The number of carbonyl (C=O) groups excluding carboxylic acids is 19. The molecule has 10 saturated carbocycles. The van der Waals surface area contributed by atoms with E-state index in [0.29, 0.717) is 93.2 Å². The van der Waals surface area contributed by atoms with Gasteiger partial charge in [-0.3, -0.25) is 71.9 Å². The zero-order chi connectivity index (χ0) is 110. The predicted molar refractivity (Wildman–Crippen MR) is 522 cm³/mol. The summed E-state index contributed by atoms with van der Waals surface area (Å²) in [6.45, 7) is 44.7. The number of hydrogen-bond donors (Lipinski definition) is 0. The second-order valence-electron chi connectivity index (χ2n) is 49.0. The largest absolute Gasteiger partial charge is 0.465 e. The van der Waals surface area contributed by atoms with Crippen molar-refractivity contribution in [1.29, 1.82) is 0 Å². The summed E-state index contributed by atoms with van der Waals surface area (Å²) in [5, 5.41) is 0. The third-order valence-corrected chi connectivity index (χ3v) is 35.4. The molecule has 10 saturated heterocycles. The minimum Gasteiger partial charge on any atom is -0.465 e. The Kier molecular flexibility index (Phi) is 39.1. The second kappa shape index (κ2) is 48.9. The highest BCUT2D eigenvalue weighted by Crippen LogP contribution is 2.60. The molecule has 149 heavy (non-hydrogen) atoms. The van der Waals surface area contributed by atoms with Crippen molar-refractivity contribution in [2.24, 2.45) is 138 Å². The number of esters is 19. The molecule has 38 heteroatoms. The number of hydrogen-bond acceptors (Lipinski definition) is 38. The van der Waals surface area contributed by atoms with Crippen molar-refractivity contribution >= 4 is 113 Å². The highest BCUT2D eigenvalue weighted by atomic mass is 16.7. The van der Waals surface area contributed by atoms with Gasteiger partial charge in [-0.15, -0.1) is 0 Å². The first kappa shape index (κ1) is 119. The zero-order valence-corrected chi connectivity index (χ0v) is 91.8. The Morgan fingerprint density at radius 3 is 1.01 bits per heavy atom. The molecular formula is C111H164O38. The maximum Gasteiger partial charge on any atom is 0.347 e. The lowest BCUT2D eigenvalue weighted by atomic mass is 9.67. The molecule has 0 N–H and O–H groups in total. The van der Waals surface area contributed by atoms with E-state index in [1.54, 1.807) is 55.4 Å². The highest BCUT2D eigenvalue weighted by Gasteiger charge is 2.66. The van der Waals surface area contributed by atoms with Gasteiger partial charge in [0.1, 0.15) is 80.4 Å². The van der Waals surface area contributed by atoms with E-state index >= 15 is 0 Å². The number of carbonyl (C=O) groups is 19. The molecule has 0 aromatic carbocycles. The summed E-state index contributed by atoms with van der Waals surface area (Å²) in [7, 11) is 0. The Bertz CT molecular complexity index is 4890. The minimum absolute atomic E-state index is 0.000856. The first-order chi connectivity index (χ1) is 69.7. The molecule has 20 aliphatic rings. The fraction of sp³-hybridized carbons (Fsp3) is 0.829. The minimum atomic E-state index is -0.687. The molecular weight excluding hydrogens is 1940 g/mol. The lowest BCUT2D eigenvalue weighted by Gasteiger charge is -2.42. The molecule has 28 unspecified atom stereocenters. The van der Waals surface area contributed by atoms with E-state index in [9.17, 15) is 91.1 Å². The molecule has 0 aromatic heterocycles. The average Bonchev–Trinajstić information content (AvgIpc) is 1.60. The first-order valence-corrected chi connectivity index (χ1v) is 54.3. The smallest absolute Gasteiger partial charge is 0.347 e. The maximum absolute atomic E-state index is 12.3. The van der Waals surface area contributed by atoms with E-state index in [1.807, 2.05) is 111 Å². The van der Waals surface area contributed by atoms with Crippen molar-refractivity contribution in [2.75, 3.05) is 46.2 Å². The summed E-state index contributed by atoms with van der Waals surface area (Å²) in [4.78, 5) is 222. The fourth-order valence-electron chi connectivity index (χ4n) is 22.3. The normalized spacial score (nSPS) is 32.6. The van der Waals surface area contributed by atoms with Crippen LogP contribution in [0.4, 0.5) is 0 Å². The van der Waals surface area contributed by atoms with Crippen molar-refractivity contribution < 1.29 is 181 Å². The molecule has 38 nitrogen and oxygen atoms in total. The van der Waals surface area contributed by atoms with Crippen molar-refractivity contribution in [1.82, 2.24) is 0 Å². The fourth-order valence-corrected chi connectivity index (χ4v) is 22.3. The van der Waals surface area contributed by atoms with E-state index in [0.717, 1.165) is 109 Å². The van der Waals surface area contributed by atoms with Gasteiger partial charge in [0, 0.05) is 53.8 Å². The molecule has 836 valence electrons. The highest BCUT2D eigenvalue weighted by molar-refractivity contribution is 5.86. The lowest BCUT2D eigenvalue weighted by Crippen LogP contribution is -2.46. The monoisotopic (exact) mass is 2110 g/mol. The van der Waals surface area contributed by atoms with Gasteiger partial charge in [0.05, 0.1) is 99.0 Å². The summed E-state index contributed by atoms with van der Waals surface area (Å²) in [5.41, 5.74) is -4.18. The van der Waals surface area contributed by atoms with E-state index < -0.39 is 116 Å². The third-order valence-electron chi connectivity index (χ3n) is 35.4. The van der Waals surface area contributed by atoms with Crippen LogP contribution in [-0.2, 0) is 181 Å². The van der Waals surface area contributed by atoms with Gasteiger partial charge in [-0.2, -0.15) is 0 Å². The van der Waals surface area contributed by atoms with Gasteiger partial charge >= 0.3 is 113 Å². The molecule has 10 aliphatic carbocycles. The van der Waals surface area contributed by atoms with Crippen LogP contribution in [0, 0.1) is 138 Å². The molecule has 0 amide bonds. The van der Waals surface area contributed by atoms with E-state index in [1.165, 1.54) is 0 Å². The Labute approximate surface area is 874 Å². The maximum atomic E-state index is 12.3. The average molecular weight is 2110 g/mol. The molecule has 28 atom stereocenters. The molecule has 0 aromatic rings. The Morgan fingerprint density at radius 2 is 0.624 bits per heavy atom. The van der Waals surface area contributed by atoms with Gasteiger partial charge in [-0.05, 0) is 270 Å². The van der Waals surface area contributed by atoms with Crippen molar-refractivity contribution in [3.63, 3.8) is 0 Å². The van der Waals surface area contributed by atoms with Crippen LogP contribution in [0.1, 0.15) is 327 Å². The van der Waals surface area contributed by atoms with Crippen molar-refractivity contribution in [2.45, 2.75) is 400 Å². The van der Waals surface area contributed by atoms with Crippen LogP contribution in [0.3, 0.4) is 0 Å². The van der Waals surface area contributed by atoms with Gasteiger partial charge in [0.2, 0.25) is 6.10 Å². The van der Waals surface area contributed by atoms with Gasteiger partial charge in [-0.25, -0.2) is 19.2 Å². The van der Waals surface area contributed by atoms with Crippen LogP contribution < -0.4 is 0 Å². The Balaban J connectivity index is 0.000000163. The molecule has 10 heterocycles. The van der Waals surface area contributed by atoms with Gasteiger partial charge in [0.15, 0.2) is 19.8 Å². The lowest BCUT2D eigenvalue weighted by molar-refractivity contribution is -0.180. The molecule has 20 fully saturated rings. The van der Waals surface area contributed by atoms with E-state index in [4.69, 9.17) is 85.3 Å². The summed E-state index contributed by atoms with van der Waals surface area (Å²) in [6, 6.07) is 0. The molecule has 0 radical (unpaired) electrons. The van der Waals surface area contributed by atoms with Crippen LogP contribution in [0.5, 0.6) is 0 Å². The predicted octanol–water partition coefficient (Wildman–Crippen LogP) is 13.9. The molecule has 10 aliphatic heterocycles. The number of fused-ring (bicyclic) bond motifs is 9. The van der Waals surface area contributed by atoms with Gasteiger partial charge in [0.25, 0.3) is 0 Å². The number of rotatable bonds is 30. The summed E-state index contributed by atoms with van der Waals surface area (Å²) >= 11 is 0. The van der Waals surface area contributed by atoms with E-state index in [2.05, 4.69) is 4.74 Å². The topological polar surface area (TPSA) is 500 Å². The van der Waals surface area contributed by atoms with Crippen LogP contribution in [0.15, 0.2) is 0 Å². The first-order valence-electron chi connectivity index (χ1n) is 54.3. The zero-order valence-electron chi connectivity index (χ0n) is 91.8. The molecule has 0 spiro atoms. The van der Waals surface area contributed by atoms with E-state index in [-0.39, 0.29) is 213 Å². The Hall–Kier alpha value is -10.1. The quantitative estimate of drug-likeness (QED) is 0.0476. The second-order valence-corrected chi connectivity index (χ2v) is 49.0. The van der Waals surface area contributed by atoms with Crippen LogP contribution in [-0.4, -0.2) is 233 Å².